The normalized spacial score (nSPS) is 17.1. The van der Waals surface area contributed by atoms with E-state index in [2.05, 4.69) is 31.8 Å². The molecule has 0 aliphatic carbocycles. The van der Waals surface area contributed by atoms with Crippen molar-refractivity contribution in [3.05, 3.63) is 53.0 Å². The summed E-state index contributed by atoms with van der Waals surface area (Å²) in [6.07, 6.45) is 5.34. The Kier molecular flexibility index (Phi) is 6.98. The van der Waals surface area contributed by atoms with Crippen LogP contribution in [-0.2, 0) is 15.6 Å². The Bertz CT molecular complexity index is 793. The number of amides is 1. The number of fused-ring (bicyclic) bond motifs is 1. The highest BCUT2D eigenvalue weighted by atomic mass is 32.2. The molecule has 1 heterocycles. The molecule has 26 heavy (non-hydrogen) atoms. The molecule has 0 fully saturated rings. The van der Waals surface area contributed by atoms with E-state index in [1.54, 1.807) is 11.5 Å². The summed E-state index contributed by atoms with van der Waals surface area (Å²) in [7, 11) is -1.26. The molecule has 0 spiro atoms. The van der Waals surface area contributed by atoms with Crippen molar-refractivity contribution in [1.82, 2.24) is 0 Å². The molecule has 1 aliphatic heterocycles. The summed E-state index contributed by atoms with van der Waals surface area (Å²) < 4.78 is 18.3. The Hall–Kier alpha value is -2.14. The smallest absolute Gasteiger partial charge is 0.227 e. The zero-order valence-electron chi connectivity index (χ0n) is 15.9. The second-order valence-corrected chi connectivity index (χ2v) is 8.07. The van der Waals surface area contributed by atoms with Gasteiger partial charge >= 0.3 is 0 Å². The van der Waals surface area contributed by atoms with Gasteiger partial charge in [-0.15, -0.1) is 0 Å². The molecule has 1 N–H and O–H groups in total. The molecule has 1 aromatic carbocycles. The minimum atomic E-state index is -1.26. The summed E-state index contributed by atoms with van der Waals surface area (Å²) in [4.78, 5) is 12.3. The van der Waals surface area contributed by atoms with Gasteiger partial charge in [-0.1, -0.05) is 36.8 Å². The topological polar surface area (TPSA) is 55.4 Å². The predicted octanol–water partition coefficient (Wildman–Crippen LogP) is 4.89. The average molecular weight is 374 g/mol. The van der Waals surface area contributed by atoms with Crippen molar-refractivity contribution in [3.8, 4) is 5.75 Å². The minimum absolute atomic E-state index is 0.0659. The number of nitrogens with one attached hydrogen (secondary N) is 1. The molecular formula is C21H27NO3S. The Morgan fingerprint density at radius 1 is 1.42 bits per heavy atom. The fourth-order valence-electron chi connectivity index (χ4n) is 2.46. The molecule has 0 saturated heterocycles. The van der Waals surface area contributed by atoms with Crippen LogP contribution in [0.3, 0.4) is 0 Å². The lowest BCUT2D eigenvalue weighted by molar-refractivity contribution is -0.116. The van der Waals surface area contributed by atoms with Gasteiger partial charge in [-0.3, -0.25) is 4.79 Å². The number of allylic oxidation sites excluding steroid dienone is 4. The molecule has 2 unspecified atom stereocenters. The number of aryl methyl sites for hydroxylation is 1. The highest BCUT2D eigenvalue weighted by molar-refractivity contribution is 7.88. The Balaban J connectivity index is 2.12. The molecule has 2 atom stereocenters. The van der Waals surface area contributed by atoms with E-state index in [1.807, 2.05) is 26.0 Å². The van der Waals surface area contributed by atoms with Gasteiger partial charge in [0.15, 0.2) is 0 Å². The summed E-state index contributed by atoms with van der Waals surface area (Å²) in [5.74, 6) is 0.792. The maximum absolute atomic E-state index is 12.7. The number of carbonyl (C=O) groups excluding carboxylic acids is 1. The lowest BCUT2D eigenvalue weighted by Gasteiger charge is -2.11. The molecule has 1 amide bonds. The first-order valence-corrected chi connectivity index (χ1v) is 9.98. The van der Waals surface area contributed by atoms with E-state index in [9.17, 15) is 9.00 Å². The zero-order chi connectivity index (χ0) is 19.3. The van der Waals surface area contributed by atoms with Crippen LogP contribution >= 0.6 is 0 Å². The number of ether oxygens (including phenoxy) is 1. The fourth-order valence-corrected chi connectivity index (χ4v) is 3.62. The molecule has 0 radical (unpaired) electrons. The maximum Gasteiger partial charge on any atom is 0.227 e. The summed E-state index contributed by atoms with van der Waals surface area (Å²) in [6.45, 7) is 12.3. The molecule has 2 rings (SSSR count). The quantitative estimate of drug-likeness (QED) is 0.723. The molecule has 140 valence electrons. The van der Waals surface area contributed by atoms with Crippen molar-refractivity contribution in [2.75, 3.05) is 11.9 Å². The first-order valence-electron chi connectivity index (χ1n) is 8.76. The van der Waals surface area contributed by atoms with Gasteiger partial charge in [-0.05, 0) is 50.8 Å². The monoisotopic (exact) mass is 373 g/mol. The van der Waals surface area contributed by atoms with Gasteiger partial charge < -0.3 is 10.1 Å². The van der Waals surface area contributed by atoms with Gasteiger partial charge in [0.05, 0.1) is 29.5 Å². The standard InChI is InChI=1S/C21H27NO3S/c1-14(2)16(4)7-6-15(3)9-11-26(24)20-13-19-18(12-17(20)5)22-21(23)8-10-25-19/h7,9,11-13,15H,1,6,8,10H2,2-5H3,(H,22,23)/b11-9-,16-7-. The van der Waals surface area contributed by atoms with Crippen LogP contribution < -0.4 is 10.1 Å². The number of carbonyl (C=O) groups is 1. The number of benzene rings is 1. The van der Waals surface area contributed by atoms with Crippen molar-refractivity contribution in [3.63, 3.8) is 0 Å². The van der Waals surface area contributed by atoms with E-state index in [1.165, 1.54) is 5.57 Å². The number of anilines is 1. The van der Waals surface area contributed by atoms with Crippen LogP contribution in [0.25, 0.3) is 0 Å². The highest BCUT2D eigenvalue weighted by Crippen LogP contribution is 2.32. The third-order valence-corrected chi connectivity index (χ3v) is 5.63. The van der Waals surface area contributed by atoms with E-state index >= 15 is 0 Å². The predicted molar refractivity (Wildman–Crippen MR) is 108 cm³/mol. The second-order valence-electron chi connectivity index (χ2n) is 6.77. The molecule has 1 aromatic rings. The Morgan fingerprint density at radius 2 is 2.15 bits per heavy atom. The molecule has 1 aliphatic rings. The van der Waals surface area contributed by atoms with Gasteiger partial charge in [-0.2, -0.15) is 0 Å². The molecule has 0 saturated carbocycles. The molecule has 5 heteroatoms. The van der Waals surface area contributed by atoms with E-state index in [4.69, 9.17) is 4.74 Å². The van der Waals surface area contributed by atoms with Crippen LogP contribution in [0.5, 0.6) is 5.75 Å². The second kappa shape index (κ2) is 8.99. The molecule has 4 nitrogen and oxygen atoms in total. The van der Waals surface area contributed by atoms with E-state index in [-0.39, 0.29) is 11.8 Å². The summed E-state index contributed by atoms with van der Waals surface area (Å²) in [5.41, 5.74) is 3.76. The van der Waals surface area contributed by atoms with Crippen LogP contribution in [0.15, 0.2) is 52.3 Å². The van der Waals surface area contributed by atoms with E-state index in [0.29, 0.717) is 29.4 Å². The lowest BCUT2D eigenvalue weighted by Crippen LogP contribution is -2.10. The number of hydrogen-bond donors (Lipinski definition) is 1. The van der Waals surface area contributed by atoms with Crippen molar-refractivity contribution in [1.29, 1.82) is 0 Å². The van der Waals surface area contributed by atoms with Gasteiger partial charge in [0.25, 0.3) is 0 Å². The zero-order valence-corrected chi connectivity index (χ0v) is 16.7. The summed E-state index contributed by atoms with van der Waals surface area (Å²) in [5, 5.41) is 4.56. The van der Waals surface area contributed by atoms with Crippen LogP contribution in [0, 0.1) is 12.8 Å². The molecular weight excluding hydrogens is 346 g/mol. The van der Waals surface area contributed by atoms with Gasteiger partial charge in [-0.25, -0.2) is 4.21 Å². The molecule has 0 aromatic heterocycles. The molecule has 0 bridgehead atoms. The SMILES string of the molecule is C=C(C)/C(C)=C\CC(C)/C=C\S(=O)c1cc2c(cc1C)NC(=O)CCO2. The van der Waals surface area contributed by atoms with Gasteiger partial charge in [0.2, 0.25) is 5.91 Å². The first-order chi connectivity index (χ1) is 12.3. The van der Waals surface area contributed by atoms with Crippen molar-refractivity contribution in [2.45, 2.75) is 45.4 Å². The fraction of sp³-hybridized carbons (Fsp3) is 0.381. The Labute approximate surface area is 158 Å². The van der Waals surface area contributed by atoms with Crippen LogP contribution in [0.1, 0.15) is 39.2 Å². The maximum atomic E-state index is 12.7. The van der Waals surface area contributed by atoms with Crippen molar-refractivity contribution in [2.24, 2.45) is 5.92 Å². The Morgan fingerprint density at radius 3 is 2.85 bits per heavy atom. The van der Waals surface area contributed by atoms with Crippen LogP contribution in [-0.4, -0.2) is 16.7 Å². The summed E-state index contributed by atoms with van der Waals surface area (Å²) in [6, 6.07) is 3.59. The van der Waals surface area contributed by atoms with Gasteiger partial charge in [0.1, 0.15) is 5.75 Å². The van der Waals surface area contributed by atoms with E-state index < -0.39 is 10.8 Å². The van der Waals surface area contributed by atoms with Crippen LogP contribution in [0.2, 0.25) is 0 Å². The summed E-state index contributed by atoms with van der Waals surface area (Å²) >= 11 is 0. The number of rotatable bonds is 6. The van der Waals surface area contributed by atoms with Crippen molar-refractivity contribution >= 4 is 22.4 Å². The third-order valence-electron chi connectivity index (χ3n) is 4.35. The largest absolute Gasteiger partial charge is 0.491 e. The van der Waals surface area contributed by atoms with Crippen molar-refractivity contribution < 1.29 is 13.7 Å². The van der Waals surface area contributed by atoms with Crippen LogP contribution in [0.4, 0.5) is 5.69 Å². The van der Waals surface area contributed by atoms with E-state index in [0.717, 1.165) is 17.6 Å². The minimum Gasteiger partial charge on any atom is -0.491 e. The first kappa shape index (κ1) is 20.2. The average Bonchev–Trinajstić information content (AvgIpc) is 2.76. The van der Waals surface area contributed by atoms with Gasteiger partial charge in [0, 0.05) is 10.3 Å². The lowest BCUT2D eigenvalue weighted by atomic mass is 10.0. The third kappa shape index (κ3) is 5.43. The highest BCUT2D eigenvalue weighted by Gasteiger charge is 2.17. The number of hydrogen-bond acceptors (Lipinski definition) is 3.